The van der Waals surface area contributed by atoms with Crippen LogP contribution in [-0.4, -0.2) is 28.0 Å². The maximum atomic E-state index is 9.95. The molecule has 2 aromatic carbocycles. The van der Waals surface area contributed by atoms with E-state index in [1.807, 2.05) is 6.07 Å². The Morgan fingerprint density at radius 3 is 2.35 bits per heavy atom. The number of nitriles is 1. The molecule has 1 aliphatic rings. The van der Waals surface area contributed by atoms with E-state index in [9.17, 15) is 5.26 Å². The number of hydrogen-bond donors (Lipinski definition) is 1. The van der Waals surface area contributed by atoms with E-state index in [-0.39, 0.29) is 0 Å². The predicted molar refractivity (Wildman–Crippen MR) is 153 cm³/mol. The van der Waals surface area contributed by atoms with Gasteiger partial charge in [-0.15, -0.1) is 0 Å². The van der Waals surface area contributed by atoms with Gasteiger partial charge in [0, 0.05) is 35.4 Å². The Kier molecular flexibility index (Phi) is 7.84. The molecule has 1 aliphatic heterocycles. The zero-order chi connectivity index (χ0) is 25.6. The van der Waals surface area contributed by atoms with Crippen molar-refractivity contribution in [2.75, 3.05) is 18.0 Å². The molecule has 1 N–H and O–H groups in total. The molecular weight excluding hydrogens is 454 g/mol. The summed E-state index contributed by atoms with van der Waals surface area (Å²) >= 11 is 0. The summed E-state index contributed by atoms with van der Waals surface area (Å²) in [6.07, 6.45) is 11.2. The topological polar surface area (TPSA) is 68.6 Å². The van der Waals surface area contributed by atoms with Crippen LogP contribution in [0.2, 0.25) is 0 Å². The number of aromatic nitrogens is 3. The lowest BCUT2D eigenvalue weighted by molar-refractivity contribution is 0.438. The van der Waals surface area contributed by atoms with Gasteiger partial charge in [-0.3, -0.25) is 0 Å². The highest BCUT2D eigenvalue weighted by Gasteiger charge is 2.16. The first-order chi connectivity index (χ1) is 18.2. The van der Waals surface area contributed by atoms with Crippen molar-refractivity contribution in [1.29, 1.82) is 5.26 Å². The zero-order valence-corrected chi connectivity index (χ0v) is 22.1. The minimum absolute atomic E-state index is 0.632. The van der Waals surface area contributed by atoms with Crippen LogP contribution in [-0.2, 0) is 6.42 Å². The summed E-state index contributed by atoms with van der Waals surface area (Å²) in [4.78, 5) is 15.1. The van der Waals surface area contributed by atoms with Crippen molar-refractivity contribution in [2.45, 2.75) is 65.2 Å². The van der Waals surface area contributed by atoms with Gasteiger partial charge in [-0.25, -0.2) is 9.97 Å². The molecule has 0 aliphatic carbocycles. The highest BCUT2D eigenvalue weighted by molar-refractivity contribution is 5.94. The second-order valence-corrected chi connectivity index (χ2v) is 10.4. The van der Waals surface area contributed by atoms with E-state index in [2.05, 4.69) is 82.2 Å². The van der Waals surface area contributed by atoms with Crippen molar-refractivity contribution in [1.82, 2.24) is 15.0 Å². The van der Waals surface area contributed by atoms with Crippen LogP contribution in [0.15, 0.2) is 54.9 Å². The van der Waals surface area contributed by atoms with Crippen molar-refractivity contribution in [2.24, 2.45) is 5.92 Å². The lowest BCUT2D eigenvalue weighted by Crippen LogP contribution is -2.29. The average molecular weight is 492 g/mol. The van der Waals surface area contributed by atoms with Gasteiger partial charge in [-0.2, -0.15) is 5.26 Å². The summed E-state index contributed by atoms with van der Waals surface area (Å²) in [5, 5.41) is 10.9. The number of aromatic amines is 1. The summed E-state index contributed by atoms with van der Waals surface area (Å²) < 4.78 is 0. The molecule has 4 aromatic rings. The molecule has 5 rings (SSSR count). The van der Waals surface area contributed by atoms with Crippen LogP contribution in [0, 0.1) is 17.2 Å². The van der Waals surface area contributed by atoms with Gasteiger partial charge in [0.05, 0.1) is 17.3 Å². The van der Waals surface area contributed by atoms with Gasteiger partial charge in [-0.1, -0.05) is 63.8 Å². The predicted octanol–water partition coefficient (Wildman–Crippen LogP) is 7.91. The smallest absolute Gasteiger partial charge is 0.141 e. The standard InChI is InChI=1S/C32H37N5/c1-3-8-23(9-4-2)18-25-10-11-26(19-27(25)21-33)31-29-20-30(36-32(29)35-22-34-31)24-12-14-28(15-13-24)37-16-6-5-7-17-37/h10-15,19-20,22-23H,3-9,16-18H2,1-2H3,(H,34,35,36). The van der Waals surface area contributed by atoms with E-state index >= 15 is 0 Å². The van der Waals surface area contributed by atoms with Gasteiger partial charge in [0.15, 0.2) is 0 Å². The number of piperidine rings is 1. The summed E-state index contributed by atoms with van der Waals surface area (Å²) in [7, 11) is 0. The Bertz CT molecular complexity index is 1370. The minimum atomic E-state index is 0.632. The van der Waals surface area contributed by atoms with E-state index in [0.717, 1.165) is 64.2 Å². The number of H-pyrrole nitrogens is 1. The van der Waals surface area contributed by atoms with Crippen LogP contribution in [0.5, 0.6) is 0 Å². The maximum absolute atomic E-state index is 9.95. The quantitative estimate of drug-likeness (QED) is 0.258. The van der Waals surface area contributed by atoms with Gasteiger partial charge in [0.25, 0.3) is 0 Å². The van der Waals surface area contributed by atoms with Gasteiger partial charge in [-0.05, 0) is 67.0 Å². The largest absolute Gasteiger partial charge is 0.372 e. The fourth-order valence-electron chi connectivity index (χ4n) is 5.81. The third-order valence-electron chi connectivity index (χ3n) is 7.73. The molecule has 5 nitrogen and oxygen atoms in total. The molecule has 0 saturated carbocycles. The second kappa shape index (κ2) is 11.6. The molecule has 1 fully saturated rings. The number of benzene rings is 2. The van der Waals surface area contributed by atoms with Crippen molar-refractivity contribution in [3.05, 3.63) is 66.0 Å². The first kappa shape index (κ1) is 25.0. The highest BCUT2D eigenvalue weighted by atomic mass is 15.1. The van der Waals surface area contributed by atoms with Crippen molar-refractivity contribution in [3.63, 3.8) is 0 Å². The first-order valence-electron chi connectivity index (χ1n) is 13.9. The van der Waals surface area contributed by atoms with Crippen LogP contribution in [0.25, 0.3) is 33.5 Å². The highest BCUT2D eigenvalue weighted by Crippen LogP contribution is 2.32. The summed E-state index contributed by atoms with van der Waals surface area (Å²) in [6, 6.07) is 19.7. The van der Waals surface area contributed by atoms with Crippen LogP contribution < -0.4 is 4.90 Å². The Morgan fingerprint density at radius 2 is 1.65 bits per heavy atom. The number of anilines is 1. The summed E-state index contributed by atoms with van der Waals surface area (Å²) in [5.41, 5.74) is 7.99. The fourth-order valence-corrected chi connectivity index (χ4v) is 5.81. The Morgan fingerprint density at radius 1 is 0.919 bits per heavy atom. The monoisotopic (exact) mass is 491 g/mol. The van der Waals surface area contributed by atoms with Crippen molar-refractivity contribution < 1.29 is 0 Å². The molecule has 37 heavy (non-hydrogen) atoms. The SMILES string of the molecule is CCCC(CCC)Cc1ccc(-c2ncnc3[nH]c(-c4ccc(N5CCCCC5)cc4)cc23)cc1C#N. The van der Waals surface area contributed by atoms with Gasteiger partial charge >= 0.3 is 0 Å². The normalized spacial score (nSPS) is 13.8. The Labute approximate surface area is 220 Å². The van der Waals surface area contributed by atoms with Gasteiger partial charge in [0.1, 0.15) is 12.0 Å². The van der Waals surface area contributed by atoms with E-state index in [1.54, 1.807) is 6.33 Å². The number of fused-ring (bicyclic) bond motifs is 1. The third-order valence-corrected chi connectivity index (χ3v) is 7.73. The summed E-state index contributed by atoms with van der Waals surface area (Å²) in [6.45, 7) is 6.77. The molecule has 0 bridgehead atoms. The zero-order valence-electron chi connectivity index (χ0n) is 22.1. The van der Waals surface area contributed by atoms with Crippen molar-refractivity contribution in [3.8, 4) is 28.6 Å². The molecule has 1 saturated heterocycles. The molecule has 0 amide bonds. The molecule has 0 radical (unpaired) electrons. The Hall–Kier alpha value is -3.65. The number of nitrogens with zero attached hydrogens (tertiary/aromatic N) is 4. The number of rotatable bonds is 9. The van der Waals surface area contributed by atoms with Gasteiger partial charge in [0.2, 0.25) is 0 Å². The molecule has 2 aromatic heterocycles. The number of hydrogen-bond acceptors (Lipinski definition) is 4. The van der Waals surface area contributed by atoms with Crippen molar-refractivity contribution >= 4 is 16.7 Å². The first-order valence-corrected chi connectivity index (χ1v) is 13.9. The minimum Gasteiger partial charge on any atom is -0.372 e. The van der Waals surface area contributed by atoms with E-state index in [4.69, 9.17) is 0 Å². The third kappa shape index (κ3) is 5.54. The van der Waals surface area contributed by atoms with Gasteiger partial charge < -0.3 is 9.88 Å². The molecule has 3 heterocycles. The molecule has 5 heteroatoms. The lowest BCUT2D eigenvalue weighted by Gasteiger charge is -2.28. The van der Waals surface area contributed by atoms with Crippen LogP contribution in [0.4, 0.5) is 5.69 Å². The fraction of sp³-hybridized carbons (Fsp3) is 0.406. The van der Waals surface area contributed by atoms with E-state index in [0.29, 0.717) is 5.92 Å². The van der Waals surface area contributed by atoms with Crippen LogP contribution >= 0.6 is 0 Å². The van der Waals surface area contributed by atoms with E-state index in [1.165, 1.54) is 50.6 Å². The molecular formula is C32H37N5. The molecule has 190 valence electrons. The lowest BCUT2D eigenvalue weighted by atomic mass is 9.88. The average Bonchev–Trinajstić information content (AvgIpc) is 3.39. The number of nitrogens with one attached hydrogen (secondary N) is 1. The molecule has 0 unspecified atom stereocenters. The second-order valence-electron chi connectivity index (χ2n) is 10.4. The van der Waals surface area contributed by atoms with Crippen LogP contribution in [0.3, 0.4) is 0 Å². The maximum Gasteiger partial charge on any atom is 0.141 e. The van der Waals surface area contributed by atoms with Crippen LogP contribution in [0.1, 0.15) is 69.9 Å². The summed E-state index contributed by atoms with van der Waals surface area (Å²) in [5.74, 6) is 0.632. The van der Waals surface area contributed by atoms with E-state index < -0.39 is 0 Å². The Balaban J connectivity index is 1.43. The molecule has 0 atom stereocenters. The molecule has 0 spiro atoms.